The van der Waals surface area contributed by atoms with Crippen LogP contribution in [0.1, 0.15) is 12.0 Å². The zero-order valence-corrected chi connectivity index (χ0v) is 13.3. The molecule has 4 N–H and O–H groups in total. The largest absolute Gasteiger partial charge is 0.385 e. The maximum Gasteiger partial charge on any atom is 0.256 e. The van der Waals surface area contributed by atoms with Crippen LogP contribution in [-0.2, 0) is 6.42 Å². The molecule has 0 aliphatic rings. The van der Waals surface area contributed by atoms with Gasteiger partial charge in [0.2, 0.25) is 5.95 Å². The van der Waals surface area contributed by atoms with E-state index in [0.717, 1.165) is 24.2 Å². The molecule has 3 aromatic rings. The van der Waals surface area contributed by atoms with Crippen molar-refractivity contribution in [2.24, 2.45) is 0 Å². The van der Waals surface area contributed by atoms with Gasteiger partial charge in [-0.05, 0) is 25.0 Å². The minimum absolute atomic E-state index is 0.144. The highest BCUT2D eigenvalue weighted by molar-refractivity contribution is 5.63. The lowest BCUT2D eigenvalue weighted by Crippen LogP contribution is -2.19. The lowest BCUT2D eigenvalue weighted by molar-refractivity contribution is 0.844. The summed E-state index contributed by atoms with van der Waals surface area (Å²) < 4.78 is 0. The molecule has 0 radical (unpaired) electrons. The predicted octanol–water partition coefficient (Wildman–Crippen LogP) is 3.06. The van der Waals surface area contributed by atoms with E-state index in [1.54, 1.807) is 0 Å². The van der Waals surface area contributed by atoms with E-state index in [9.17, 15) is 4.79 Å². The van der Waals surface area contributed by atoms with E-state index < -0.39 is 0 Å². The van der Waals surface area contributed by atoms with Crippen LogP contribution in [0, 0.1) is 0 Å². The fourth-order valence-corrected chi connectivity index (χ4v) is 2.64. The van der Waals surface area contributed by atoms with Crippen LogP contribution in [-0.4, -0.2) is 16.5 Å². The number of nitrogens with two attached hydrogens (primary N) is 1. The van der Waals surface area contributed by atoms with Crippen molar-refractivity contribution in [1.82, 2.24) is 9.97 Å². The molecule has 0 saturated heterocycles. The molecular formula is C19H20N4O. The number of nitrogens with zero attached hydrogens (tertiary/aromatic N) is 1. The van der Waals surface area contributed by atoms with Gasteiger partial charge in [-0.2, -0.15) is 0 Å². The molecule has 0 saturated carbocycles. The second-order valence-corrected chi connectivity index (χ2v) is 5.54. The summed E-state index contributed by atoms with van der Waals surface area (Å²) in [6, 6.07) is 19.7. The number of anilines is 2. The monoisotopic (exact) mass is 320 g/mol. The van der Waals surface area contributed by atoms with Crippen molar-refractivity contribution in [1.29, 1.82) is 0 Å². The van der Waals surface area contributed by atoms with E-state index in [2.05, 4.69) is 15.3 Å². The van der Waals surface area contributed by atoms with Gasteiger partial charge in [-0.25, -0.2) is 4.98 Å². The van der Waals surface area contributed by atoms with Gasteiger partial charge in [-0.15, -0.1) is 0 Å². The van der Waals surface area contributed by atoms with Crippen LogP contribution in [0.2, 0.25) is 0 Å². The van der Waals surface area contributed by atoms with Gasteiger partial charge >= 0.3 is 0 Å². The lowest BCUT2D eigenvalue weighted by Gasteiger charge is -2.10. The Kier molecular flexibility index (Phi) is 4.91. The van der Waals surface area contributed by atoms with Gasteiger partial charge in [0.05, 0.1) is 5.69 Å². The van der Waals surface area contributed by atoms with Gasteiger partial charge in [0.15, 0.2) is 0 Å². The lowest BCUT2D eigenvalue weighted by atomic mass is 10.0. The Bertz CT molecular complexity index is 844. The average Bonchev–Trinajstić information content (AvgIpc) is 2.61. The summed E-state index contributed by atoms with van der Waals surface area (Å²) in [5.41, 5.74) is 8.87. The highest BCUT2D eigenvalue weighted by Crippen LogP contribution is 2.20. The second kappa shape index (κ2) is 7.46. The first-order valence-corrected chi connectivity index (χ1v) is 7.97. The Hall–Kier alpha value is -3.08. The summed E-state index contributed by atoms with van der Waals surface area (Å²) >= 11 is 0. The van der Waals surface area contributed by atoms with Gasteiger partial charge in [0.25, 0.3) is 5.56 Å². The Morgan fingerprint density at radius 1 is 1.00 bits per heavy atom. The molecule has 0 bridgehead atoms. The Balaban J connectivity index is 1.74. The smallest absolute Gasteiger partial charge is 0.256 e. The fourth-order valence-electron chi connectivity index (χ4n) is 2.64. The molecule has 0 amide bonds. The van der Waals surface area contributed by atoms with Crippen LogP contribution < -0.4 is 16.6 Å². The molecule has 5 heteroatoms. The normalized spacial score (nSPS) is 10.5. The molecular weight excluding hydrogens is 300 g/mol. The van der Waals surface area contributed by atoms with Crippen LogP contribution in [0.25, 0.3) is 11.3 Å². The van der Waals surface area contributed by atoms with Crippen molar-refractivity contribution >= 4 is 11.6 Å². The van der Waals surface area contributed by atoms with Crippen LogP contribution in [0.4, 0.5) is 11.6 Å². The van der Waals surface area contributed by atoms with Crippen LogP contribution in [0.15, 0.2) is 65.5 Å². The third-order valence-electron chi connectivity index (χ3n) is 3.79. The molecule has 0 aliphatic carbocycles. The molecule has 24 heavy (non-hydrogen) atoms. The molecule has 2 aromatic carbocycles. The number of hydrogen-bond donors (Lipinski definition) is 3. The van der Waals surface area contributed by atoms with Crippen molar-refractivity contribution in [2.75, 3.05) is 17.6 Å². The van der Waals surface area contributed by atoms with Crippen LogP contribution in [0.5, 0.6) is 0 Å². The minimum atomic E-state index is -0.166. The number of aromatic nitrogens is 2. The number of benzene rings is 2. The zero-order valence-electron chi connectivity index (χ0n) is 13.3. The summed E-state index contributed by atoms with van der Waals surface area (Å²) in [6.45, 7) is 0.780. The van der Waals surface area contributed by atoms with Gasteiger partial charge < -0.3 is 11.1 Å². The minimum Gasteiger partial charge on any atom is -0.385 e. The van der Waals surface area contributed by atoms with E-state index in [4.69, 9.17) is 5.73 Å². The number of hydrogen-bond acceptors (Lipinski definition) is 4. The third kappa shape index (κ3) is 3.81. The standard InChI is InChI=1S/C19H20N4O/c20-19-22-17(14-8-3-1-4-9-14)16(18(24)23-19)12-7-13-21-15-10-5-2-6-11-15/h1-6,8-11,21H,7,12-13H2,(H3,20,22,23,24). The topological polar surface area (TPSA) is 83.8 Å². The molecule has 0 unspecified atom stereocenters. The first-order chi connectivity index (χ1) is 11.7. The highest BCUT2D eigenvalue weighted by Gasteiger charge is 2.12. The Morgan fingerprint density at radius 2 is 1.67 bits per heavy atom. The molecule has 3 rings (SSSR count). The number of H-pyrrole nitrogens is 1. The van der Waals surface area contributed by atoms with Crippen molar-refractivity contribution < 1.29 is 0 Å². The van der Waals surface area contributed by atoms with E-state index in [1.807, 2.05) is 60.7 Å². The first-order valence-electron chi connectivity index (χ1n) is 7.97. The number of para-hydroxylation sites is 1. The summed E-state index contributed by atoms with van der Waals surface area (Å²) in [5.74, 6) is 0.144. The second-order valence-electron chi connectivity index (χ2n) is 5.54. The van der Waals surface area contributed by atoms with Gasteiger partial charge in [-0.3, -0.25) is 9.78 Å². The predicted molar refractivity (Wildman–Crippen MR) is 98.0 cm³/mol. The molecule has 0 fully saturated rings. The summed E-state index contributed by atoms with van der Waals surface area (Å²) in [7, 11) is 0. The van der Waals surface area contributed by atoms with Crippen molar-refractivity contribution in [3.8, 4) is 11.3 Å². The number of nitrogen functional groups attached to an aromatic ring is 1. The maximum atomic E-state index is 12.3. The van der Waals surface area contributed by atoms with Crippen molar-refractivity contribution in [3.63, 3.8) is 0 Å². The summed E-state index contributed by atoms with van der Waals surface area (Å²) in [6.07, 6.45) is 1.45. The quantitative estimate of drug-likeness (QED) is 0.610. The van der Waals surface area contributed by atoms with E-state index in [1.165, 1.54) is 0 Å². The Labute approximate surface area is 140 Å². The summed E-state index contributed by atoms with van der Waals surface area (Å²) in [4.78, 5) is 19.2. The molecule has 1 heterocycles. The molecule has 1 aromatic heterocycles. The first kappa shape index (κ1) is 15.8. The third-order valence-corrected chi connectivity index (χ3v) is 3.79. The summed E-state index contributed by atoms with van der Waals surface area (Å²) in [5, 5.41) is 3.35. The molecule has 0 aliphatic heterocycles. The average molecular weight is 320 g/mol. The van der Waals surface area contributed by atoms with Crippen LogP contribution >= 0.6 is 0 Å². The van der Waals surface area contributed by atoms with Gasteiger partial charge in [-0.1, -0.05) is 48.5 Å². The molecule has 5 nitrogen and oxygen atoms in total. The molecule has 0 atom stereocenters. The van der Waals surface area contributed by atoms with E-state index >= 15 is 0 Å². The van der Waals surface area contributed by atoms with Gasteiger partial charge in [0.1, 0.15) is 0 Å². The Morgan fingerprint density at radius 3 is 2.38 bits per heavy atom. The maximum absolute atomic E-state index is 12.3. The zero-order chi connectivity index (χ0) is 16.8. The number of nitrogens with one attached hydrogen (secondary N) is 2. The SMILES string of the molecule is Nc1nc(-c2ccccc2)c(CCCNc2ccccc2)c(=O)[nH]1. The molecule has 0 spiro atoms. The molecule has 122 valence electrons. The van der Waals surface area contributed by atoms with Crippen molar-refractivity contribution in [3.05, 3.63) is 76.6 Å². The highest BCUT2D eigenvalue weighted by atomic mass is 16.1. The van der Waals surface area contributed by atoms with Gasteiger partial charge in [0, 0.05) is 23.4 Å². The number of rotatable bonds is 6. The van der Waals surface area contributed by atoms with Crippen LogP contribution in [0.3, 0.4) is 0 Å². The van der Waals surface area contributed by atoms with E-state index in [-0.39, 0.29) is 11.5 Å². The van der Waals surface area contributed by atoms with Crippen molar-refractivity contribution in [2.45, 2.75) is 12.8 Å². The fraction of sp³-hybridized carbons (Fsp3) is 0.158. The number of aromatic amines is 1. The van der Waals surface area contributed by atoms with E-state index in [0.29, 0.717) is 17.7 Å².